The Morgan fingerprint density at radius 1 is 1.38 bits per heavy atom. The summed E-state index contributed by atoms with van der Waals surface area (Å²) in [5.41, 5.74) is 0. The fourth-order valence-corrected chi connectivity index (χ4v) is 2.86. The monoisotopic (exact) mass is 298 g/mol. The summed E-state index contributed by atoms with van der Waals surface area (Å²) < 4.78 is 0. The molecule has 1 fully saturated rings. The second-order valence-corrected chi connectivity index (χ2v) is 5.74. The first-order chi connectivity index (χ1) is 9.90. The van der Waals surface area contributed by atoms with Gasteiger partial charge in [-0.05, 0) is 19.8 Å². The van der Waals surface area contributed by atoms with Gasteiger partial charge < -0.3 is 14.9 Å². The van der Waals surface area contributed by atoms with Crippen molar-refractivity contribution in [2.75, 3.05) is 19.6 Å². The number of carboxylic acid groups (broad SMARTS) is 1. The third-order valence-corrected chi connectivity index (χ3v) is 3.88. The number of hydrogen-bond donors (Lipinski definition) is 1. The Morgan fingerprint density at radius 2 is 2.05 bits per heavy atom. The van der Waals surface area contributed by atoms with E-state index in [9.17, 15) is 14.4 Å². The summed E-state index contributed by atoms with van der Waals surface area (Å²) in [7, 11) is 0. The third-order valence-electron chi connectivity index (χ3n) is 3.88. The number of carbonyl (C=O) groups is 3. The Hall–Kier alpha value is -1.59. The molecule has 1 saturated heterocycles. The van der Waals surface area contributed by atoms with Crippen LogP contribution in [0.3, 0.4) is 0 Å². The van der Waals surface area contributed by atoms with E-state index in [4.69, 9.17) is 5.11 Å². The van der Waals surface area contributed by atoms with Gasteiger partial charge in [-0.2, -0.15) is 0 Å². The molecule has 2 amide bonds. The molecule has 1 aliphatic rings. The summed E-state index contributed by atoms with van der Waals surface area (Å²) in [6.07, 6.45) is 2.81. The van der Waals surface area contributed by atoms with Gasteiger partial charge in [0.1, 0.15) is 6.54 Å². The van der Waals surface area contributed by atoms with Crippen LogP contribution in [0.4, 0.5) is 0 Å². The van der Waals surface area contributed by atoms with E-state index in [0.29, 0.717) is 19.5 Å². The molecule has 0 aromatic rings. The molecule has 0 aromatic carbocycles. The van der Waals surface area contributed by atoms with Crippen LogP contribution < -0.4 is 0 Å². The smallest absolute Gasteiger partial charge is 0.323 e. The highest BCUT2D eigenvalue weighted by atomic mass is 16.4. The number of rotatable bonds is 8. The predicted molar refractivity (Wildman–Crippen MR) is 78.7 cm³/mol. The molecule has 1 heterocycles. The van der Waals surface area contributed by atoms with Crippen LogP contribution in [0.5, 0.6) is 0 Å². The Balaban J connectivity index is 2.70. The number of aliphatic carboxylic acids is 1. The SMILES string of the molecule is CCCC(C)N1CC(C(=O)N(CCC)CC(=O)O)CC1=O. The first-order valence-electron chi connectivity index (χ1n) is 7.70. The van der Waals surface area contributed by atoms with E-state index < -0.39 is 11.9 Å². The lowest BCUT2D eigenvalue weighted by Gasteiger charge is -2.26. The van der Waals surface area contributed by atoms with E-state index in [1.165, 1.54) is 4.90 Å². The van der Waals surface area contributed by atoms with Crippen LogP contribution in [-0.2, 0) is 14.4 Å². The van der Waals surface area contributed by atoms with Crippen molar-refractivity contribution in [3.05, 3.63) is 0 Å². The van der Waals surface area contributed by atoms with Crippen molar-refractivity contribution in [2.45, 2.75) is 52.5 Å². The lowest BCUT2D eigenvalue weighted by molar-refractivity contribution is -0.146. The molecule has 6 heteroatoms. The molecule has 0 saturated carbocycles. The summed E-state index contributed by atoms with van der Waals surface area (Å²) >= 11 is 0. The zero-order chi connectivity index (χ0) is 16.0. The van der Waals surface area contributed by atoms with Crippen LogP contribution in [0, 0.1) is 5.92 Å². The fraction of sp³-hybridized carbons (Fsp3) is 0.800. The number of nitrogens with zero attached hydrogens (tertiary/aromatic N) is 2. The largest absolute Gasteiger partial charge is 0.480 e. The van der Waals surface area contributed by atoms with Gasteiger partial charge in [0.15, 0.2) is 0 Å². The summed E-state index contributed by atoms with van der Waals surface area (Å²) in [6, 6.07) is 0.138. The molecule has 2 atom stereocenters. The molecule has 0 radical (unpaired) electrons. The molecule has 6 nitrogen and oxygen atoms in total. The molecular weight excluding hydrogens is 272 g/mol. The van der Waals surface area contributed by atoms with Gasteiger partial charge in [-0.3, -0.25) is 14.4 Å². The lowest BCUT2D eigenvalue weighted by Crippen LogP contribution is -2.41. The highest BCUT2D eigenvalue weighted by Crippen LogP contribution is 2.23. The number of carboxylic acids is 1. The minimum atomic E-state index is -1.02. The van der Waals surface area contributed by atoms with Crippen molar-refractivity contribution >= 4 is 17.8 Å². The third kappa shape index (κ3) is 4.72. The van der Waals surface area contributed by atoms with Crippen LogP contribution in [0.1, 0.15) is 46.5 Å². The van der Waals surface area contributed by atoms with Crippen LogP contribution in [0.25, 0.3) is 0 Å². The number of carbonyl (C=O) groups excluding carboxylic acids is 2. The average molecular weight is 298 g/mol. The first kappa shape index (κ1) is 17.5. The molecule has 1 aliphatic heterocycles. The molecule has 1 N–H and O–H groups in total. The van der Waals surface area contributed by atoms with E-state index in [1.807, 2.05) is 13.8 Å². The van der Waals surface area contributed by atoms with Gasteiger partial charge in [-0.1, -0.05) is 20.3 Å². The number of likely N-dealkylation sites (tertiary alicyclic amines) is 1. The van der Waals surface area contributed by atoms with Crippen molar-refractivity contribution < 1.29 is 19.5 Å². The van der Waals surface area contributed by atoms with Crippen molar-refractivity contribution in [3.8, 4) is 0 Å². The van der Waals surface area contributed by atoms with Gasteiger partial charge in [0, 0.05) is 25.6 Å². The maximum absolute atomic E-state index is 12.4. The highest BCUT2D eigenvalue weighted by molar-refractivity contribution is 5.90. The molecule has 0 bridgehead atoms. The standard InChI is InChI=1S/C15H26N2O4/c1-4-6-11(3)17-9-12(8-13(17)18)15(21)16(7-5-2)10-14(19)20/h11-12H,4-10H2,1-3H3,(H,19,20). The fourth-order valence-electron chi connectivity index (χ4n) is 2.86. The molecule has 21 heavy (non-hydrogen) atoms. The number of hydrogen-bond acceptors (Lipinski definition) is 3. The van der Waals surface area contributed by atoms with Crippen LogP contribution in [0.15, 0.2) is 0 Å². The van der Waals surface area contributed by atoms with E-state index in [-0.39, 0.29) is 30.8 Å². The lowest BCUT2D eigenvalue weighted by atomic mass is 10.1. The van der Waals surface area contributed by atoms with Crippen LogP contribution in [-0.4, -0.2) is 58.4 Å². The predicted octanol–water partition coefficient (Wildman–Crippen LogP) is 1.35. The van der Waals surface area contributed by atoms with Crippen molar-refractivity contribution in [2.24, 2.45) is 5.92 Å². The summed E-state index contributed by atoms with van der Waals surface area (Å²) in [4.78, 5) is 38.4. The Bertz CT molecular complexity index is 397. The first-order valence-corrected chi connectivity index (χ1v) is 7.70. The zero-order valence-electron chi connectivity index (χ0n) is 13.2. The molecule has 0 spiro atoms. The molecular formula is C15H26N2O4. The highest BCUT2D eigenvalue weighted by Gasteiger charge is 2.38. The van der Waals surface area contributed by atoms with Gasteiger partial charge in [0.25, 0.3) is 0 Å². The second kappa shape index (κ2) is 8.00. The van der Waals surface area contributed by atoms with Gasteiger partial charge >= 0.3 is 5.97 Å². The van der Waals surface area contributed by atoms with E-state index in [2.05, 4.69) is 6.92 Å². The Labute approximate surface area is 126 Å². The van der Waals surface area contributed by atoms with Crippen LogP contribution >= 0.6 is 0 Å². The summed E-state index contributed by atoms with van der Waals surface area (Å²) in [5.74, 6) is -1.63. The average Bonchev–Trinajstić information content (AvgIpc) is 2.79. The zero-order valence-corrected chi connectivity index (χ0v) is 13.2. The normalized spacial score (nSPS) is 19.7. The van der Waals surface area contributed by atoms with Gasteiger partial charge in [0.05, 0.1) is 5.92 Å². The minimum Gasteiger partial charge on any atom is -0.480 e. The second-order valence-electron chi connectivity index (χ2n) is 5.74. The molecule has 2 unspecified atom stereocenters. The van der Waals surface area contributed by atoms with E-state index >= 15 is 0 Å². The van der Waals surface area contributed by atoms with Crippen molar-refractivity contribution in [1.29, 1.82) is 0 Å². The van der Waals surface area contributed by atoms with Gasteiger partial charge in [0.2, 0.25) is 11.8 Å². The maximum Gasteiger partial charge on any atom is 0.323 e. The van der Waals surface area contributed by atoms with E-state index in [1.54, 1.807) is 4.90 Å². The summed E-state index contributed by atoms with van der Waals surface area (Å²) in [5, 5.41) is 8.89. The molecule has 120 valence electrons. The summed E-state index contributed by atoms with van der Waals surface area (Å²) in [6.45, 7) is 6.50. The topological polar surface area (TPSA) is 77.9 Å². The molecule has 0 aliphatic carbocycles. The van der Waals surface area contributed by atoms with Gasteiger partial charge in [-0.25, -0.2) is 0 Å². The van der Waals surface area contributed by atoms with Crippen molar-refractivity contribution in [1.82, 2.24) is 9.80 Å². The van der Waals surface area contributed by atoms with Gasteiger partial charge in [-0.15, -0.1) is 0 Å². The maximum atomic E-state index is 12.4. The Morgan fingerprint density at radius 3 is 2.57 bits per heavy atom. The molecule has 0 aromatic heterocycles. The number of amides is 2. The van der Waals surface area contributed by atoms with Crippen molar-refractivity contribution in [3.63, 3.8) is 0 Å². The van der Waals surface area contributed by atoms with E-state index in [0.717, 1.165) is 12.8 Å². The van der Waals surface area contributed by atoms with Crippen LogP contribution in [0.2, 0.25) is 0 Å². The molecule has 1 rings (SSSR count). The Kier molecular flexibility index (Phi) is 6.65. The quantitative estimate of drug-likeness (QED) is 0.733. The minimum absolute atomic E-state index is 0.000994.